The van der Waals surface area contributed by atoms with Crippen molar-refractivity contribution in [1.82, 2.24) is 4.90 Å². The van der Waals surface area contributed by atoms with Gasteiger partial charge in [-0.05, 0) is 44.3 Å². The molecule has 0 aliphatic carbocycles. The van der Waals surface area contributed by atoms with Crippen molar-refractivity contribution < 1.29 is 0 Å². The highest BCUT2D eigenvalue weighted by molar-refractivity contribution is 7.24. The van der Waals surface area contributed by atoms with E-state index < -0.39 is 0 Å². The van der Waals surface area contributed by atoms with Crippen LogP contribution in [0.5, 0.6) is 0 Å². The standard InChI is InChI=1S/C22H24N4OS/c1-5-12-25-22(23-3)26(4)14-13-24-17-11-10-15(2)21-19(17)20(27)16-8-6-7-9-18(16)28-21/h5-12,24H,3,13-14H2,1-2,4H3/b12-5-,25-22?. The van der Waals surface area contributed by atoms with Gasteiger partial charge in [-0.2, -0.15) is 0 Å². The zero-order valence-corrected chi connectivity index (χ0v) is 17.2. The number of aliphatic imine (C=N–C) groups is 2. The van der Waals surface area contributed by atoms with E-state index in [0.29, 0.717) is 19.0 Å². The Kier molecular flexibility index (Phi) is 6.21. The smallest absolute Gasteiger partial charge is 0.224 e. The predicted octanol–water partition coefficient (Wildman–Crippen LogP) is 4.66. The summed E-state index contributed by atoms with van der Waals surface area (Å²) in [7, 11) is 1.92. The van der Waals surface area contributed by atoms with Crippen LogP contribution in [0.3, 0.4) is 0 Å². The third-order valence-corrected chi connectivity index (χ3v) is 5.82. The molecule has 2 aromatic carbocycles. The van der Waals surface area contributed by atoms with Gasteiger partial charge in [0.1, 0.15) is 0 Å². The molecule has 6 heteroatoms. The van der Waals surface area contributed by atoms with E-state index in [-0.39, 0.29) is 5.43 Å². The molecule has 0 saturated carbocycles. The number of hydrogen-bond donors (Lipinski definition) is 1. The lowest BCUT2D eigenvalue weighted by Crippen LogP contribution is -2.30. The number of hydrogen-bond acceptors (Lipinski definition) is 4. The number of benzene rings is 2. The molecule has 0 bridgehead atoms. The highest BCUT2D eigenvalue weighted by atomic mass is 32.1. The molecule has 5 nitrogen and oxygen atoms in total. The first-order valence-corrected chi connectivity index (χ1v) is 9.94. The van der Waals surface area contributed by atoms with E-state index in [4.69, 9.17) is 0 Å². The number of aryl methyl sites for hydroxylation is 1. The largest absolute Gasteiger partial charge is 0.383 e. The quantitative estimate of drug-likeness (QED) is 0.390. The van der Waals surface area contributed by atoms with Gasteiger partial charge in [-0.1, -0.05) is 24.3 Å². The molecule has 3 rings (SSSR count). The predicted molar refractivity (Wildman–Crippen MR) is 123 cm³/mol. The van der Waals surface area contributed by atoms with E-state index in [1.165, 1.54) is 0 Å². The van der Waals surface area contributed by atoms with E-state index in [9.17, 15) is 4.79 Å². The Morgan fingerprint density at radius 2 is 2.07 bits per heavy atom. The maximum absolute atomic E-state index is 13.1. The summed E-state index contributed by atoms with van der Waals surface area (Å²) in [6.07, 6.45) is 3.54. The van der Waals surface area contributed by atoms with Gasteiger partial charge in [-0.15, -0.1) is 11.3 Å². The average Bonchev–Trinajstić information content (AvgIpc) is 2.70. The fraction of sp³-hybridized carbons (Fsp3) is 0.227. The van der Waals surface area contributed by atoms with Gasteiger partial charge < -0.3 is 10.2 Å². The van der Waals surface area contributed by atoms with Gasteiger partial charge in [0, 0.05) is 46.8 Å². The number of anilines is 1. The first-order valence-electron chi connectivity index (χ1n) is 9.12. The number of rotatable bonds is 5. The molecule has 3 aromatic rings. The minimum absolute atomic E-state index is 0.0759. The Hall–Kier alpha value is -2.99. The Labute approximate surface area is 168 Å². The molecule has 28 heavy (non-hydrogen) atoms. The number of fused-ring (bicyclic) bond motifs is 2. The van der Waals surface area contributed by atoms with Gasteiger partial charge in [0.25, 0.3) is 0 Å². The molecule has 1 heterocycles. The van der Waals surface area contributed by atoms with Crippen molar-refractivity contribution in [3.05, 3.63) is 64.5 Å². The average molecular weight is 393 g/mol. The van der Waals surface area contributed by atoms with Gasteiger partial charge in [-0.25, -0.2) is 9.98 Å². The second-order valence-corrected chi connectivity index (χ2v) is 7.53. The maximum Gasteiger partial charge on any atom is 0.224 e. The number of nitrogens with one attached hydrogen (secondary N) is 1. The van der Waals surface area contributed by atoms with Crippen molar-refractivity contribution in [3.8, 4) is 0 Å². The van der Waals surface area contributed by atoms with E-state index >= 15 is 0 Å². The Balaban J connectivity index is 1.90. The minimum Gasteiger partial charge on any atom is -0.383 e. The van der Waals surface area contributed by atoms with Crippen LogP contribution in [0, 0.1) is 6.92 Å². The van der Waals surface area contributed by atoms with Crippen LogP contribution in [0.4, 0.5) is 5.69 Å². The third-order valence-electron chi connectivity index (χ3n) is 4.51. The van der Waals surface area contributed by atoms with Crippen LogP contribution in [-0.2, 0) is 0 Å². The van der Waals surface area contributed by atoms with Crippen molar-refractivity contribution in [1.29, 1.82) is 0 Å². The molecule has 0 fully saturated rings. The summed E-state index contributed by atoms with van der Waals surface area (Å²) < 4.78 is 2.05. The van der Waals surface area contributed by atoms with E-state index in [1.807, 2.05) is 62.2 Å². The minimum atomic E-state index is 0.0759. The van der Waals surface area contributed by atoms with E-state index in [1.54, 1.807) is 17.5 Å². The van der Waals surface area contributed by atoms with E-state index in [2.05, 4.69) is 28.1 Å². The van der Waals surface area contributed by atoms with E-state index in [0.717, 1.165) is 31.4 Å². The monoisotopic (exact) mass is 392 g/mol. The molecule has 0 radical (unpaired) electrons. The Morgan fingerprint density at radius 1 is 1.29 bits per heavy atom. The second-order valence-electron chi connectivity index (χ2n) is 6.48. The number of guanidine groups is 1. The number of nitrogens with zero attached hydrogens (tertiary/aromatic N) is 3. The second kappa shape index (κ2) is 8.80. The molecule has 0 saturated heterocycles. The van der Waals surface area contributed by atoms with Gasteiger partial charge >= 0.3 is 0 Å². The lowest BCUT2D eigenvalue weighted by Gasteiger charge is -2.18. The summed E-state index contributed by atoms with van der Waals surface area (Å²) in [5.74, 6) is 0.561. The summed E-state index contributed by atoms with van der Waals surface area (Å²) in [5.41, 5.74) is 2.05. The van der Waals surface area contributed by atoms with Crippen LogP contribution in [0.25, 0.3) is 20.2 Å². The molecular weight excluding hydrogens is 368 g/mol. The summed E-state index contributed by atoms with van der Waals surface area (Å²) in [5, 5.41) is 4.94. The molecule has 0 aliphatic rings. The fourth-order valence-electron chi connectivity index (χ4n) is 3.04. The first kappa shape index (κ1) is 19.8. The van der Waals surface area contributed by atoms with Gasteiger partial charge in [-0.3, -0.25) is 4.79 Å². The Morgan fingerprint density at radius 3 is 2.82 bits per heavy atom. The first-order chi connectivity index (χ1) is 13.6. The lowest BCUT2D eigenvalue weighted by molar-refractivity contribution is 0.518. The fourth-order valence-corrected chi connectivity index (χ4v) is 4.21. The van der Waals surface area contributed by atoms with Crippen LogP contribution >= 0.6 is 11.3 Å². The number of likely N-dealkylation sites (N-methyl/N-ethyl adjacent to an activating group) is 1. The van der Waals surface area contributed by atoms with Crippen molar-refractivity contribution in [3.63, 3.8) is 0 Å². The van der Waals surface area contributed by atoms with Crippen molar-refractivity contribution in [2.24, 2.45) is 9.98 Å². The molecular formula is C22H24N4OS. The van der Waals surface area contributed by atoms with Crippen LogP contribution in [0.2, 0.25) is 0 Å². The maximum atomic E-state index is 13.1. The van der Waals surface area contributed by atoms with Gasteiger partial charge in [0.2, 0.25) is 5.96 Å². The lowest BCUT2D eigenvalue weighted by atomic mass is 10.1. The highest BCUT2D eigenvalue weighted by Gasteiger charge is 2.12. The van der Waals surface area contributed by atoms with Gasteiger partial charge in [0.05, 0.1) is 5.39 Å². The van der Waals surface area contributed by atoms with Crippen LogP contribution in [-0.4, -0.2) is 37.7 Å². The summed E-state index contributed by atoms with van der Waals surface area (Å²) >= 11 is 1.66. The normalized spacial score (nSPS) is 12.0. The van der Waals surface area contributed by atoms with Crippen LogP contribution in [0.1, 0.15) is 12.5 Å². The molecule has 144 valence electrons. The SMILES string of the molecule is C=NC(=N/C=C\C)N(C)CCNc1ccc(C)c2sc3ccccc3c(=O)c12. The summed E-state index contributed by atoms with van der Waals surface area (Å²) in [6, 6.07) is 11.8. The van der Waals surface area contributed by atoms with Crippen molar-refractivity contribution >= 4 is 49.9 Å². The van der Waals surface area contributed by atoms with Crippen LogP contribution in [0.15, 0.2) is 63.5 Å². The zero-order valence-electron chi connectivity index (χ0n) is 16.4. The number of allylic oxidation sites excluding steroid dienone is 1. The van der Waals surface area contributed by atoms with Crippen molar-refractivity contribution in [2.75, 3.05) is 25.5 Å². The van der Waals surface area contributed by atoms with Gasteiger partial charge in [0.15, 0.2) is 5.43 Å². The molecule has 1 aromatic heterocycles. The topological polar surface area (TPSA) is 57.1 Å². The zero-order chi connectivity index (χ0) is 20.1. The highest BCUT2D eigenvalue weighted by Crippen LogP contribution is 2.31. The molecule has 0 amide bonds. The molecule has 0 unspecified atom stereocenters. The van der Waals surface area contributed by atoms with Crippen molar-refractivity contribution in [2.45, 2.75) is 13.8 Å². The van der Waals surface area contributed by atoms with Crippen LogP contribution < -0.4 is 10.7 Å². The molecule has 0 spiro atoms. The summed E-state index contributed by atoms with van der Waals surface area (Å²) in [6.45, 7) is 8.85. The molecule has 1 N–H and O–H groups in total. The molecule has 0 atom stereocenters. The third kappa shape index (κ3) is 3.97. The summed E-state index contributed by atoms with van der Waals surface area (Å²) in [4.78, 5) is 23.3. The molecule has 0 aliphatic heterocycles. The Bertz CT molecular complexity index is 1130.